The number of pyridine rings is 1. The molecule has 0 amide bonds. The first-order valence-corrected chi connectivity index (χ1v) is 9.10. The summed E-state index contributed by atoms with van der Waals surface area (Å²) in [4.78, 5) is 4.46. The lowest BCUT2D eigenvalue weighted by molar-refractivity contribution is 0.670. The summed E-state index contributed by atoms with van der Waals surface area (Å²) in [6, 6.07) is 27.1. The van der Waals surface area contributed by atoms with E-state index in [2.05, 4.69) is 17.1 Å². The van der Waals surface area contributed by atoms with Gasteiger partial charge < -0.3 is 4.42 Å². The van der Waals surface area contributed by atoms with E-state index in [9.17, 15) is 5.26 Å². The van der Waals surface area contributed by atoms with E-state index in [1.54, 1.807) is 18.3 Å². The highest BCUT2D eigenvalue weighted by Crippen LogP contribution is 2.40. The van der Waals surface area contributed by atoms with Crippen molar-refractivity contribution in [1.82, 2.24) is 4.98 Å². The monoisotopic (exact) mass is 371 g/mol. The van der Waals surface area contributed by atoms with Crippen LogP contribution < -0.4 is 0 Å². The number of furan rings is 1. The average molecular weight is 371 g/mol. The molecule has 0 aliphatic carbocycles. The standard InChI is InChI=1S/C25H13N3O/c26-14-16-7-9-17(10-8-16)23-18(15-27)11-12-20-19-4-3-5-21(24(19)29-25(20)23)22-6-1-2-13-28-22/h1-13H. The number of nitriles is 2. The molecule has 2 aromatic heterocycles. The zero-order valence-corrected chi connectivity index (χ0v) is 15.3. The Morgan fingerprint density at radius 2 is 1.55 bits per heavy atom. The van der Waals surface area contributed by atoms with Crippen molar-refractivity contribution in [2.24, 2.45) is 0 Å². The van der Waals surface area contributed by atoms with Crippen LogP contribution in [0.4, 0.5) is 0 Å². The van der Waals surface area contributed by atoms with Gasteiger partial charge in [-0.15, -0.1) is 0 Å². The minimum absolute atomic E-state index is 0.528. The smallest absolute Gasteiger partial charge is 0.144 e. The molecular formula is C25H13N3O. The molecule has 0 fully saturated rings. The van der Waals surface area contributed by atoms with E-state index < -0.39 is 0 Å². The lowest BCUT2D eigenvalue weighted by atomic mass is 9.96. The number of aromatic nitrogens is 1. The highest BCUT2D eigenvalue weighted by molar-refractivity contribution is 6.13. The fourth-order valence-corrected chi connectivity index (χ4v) is 3.68. The van der Waals surface area contributed by atoms with E-state index in [-0.39, 0.29) is 0 Å². The maximum absolute atomic E-state index is 9.69. The Morgan fingerprint density at radius 1 is 0.724 bits per heavy atom. The molecule has 0 saturated heterocycles. The maximum atomic E-state index is 9.69. The SMILES string of the molecule is N#Cc1ccc(-c2c(C#N)ccc3c2oc2c(-c4ccccn4)cccc23)cc1. The van der Waals surface area contributed by atoms with E-state index in [0.29, 0.717) is 16.7 Å². The minimum Gasteiger partial charge on any atom is -0.455 e. The third kappa shape index (κ3) is 2.64. The van der Waals surface area contributed by atoms with Gasteiger partial charge in [0.2, 0.25) is 0 Å². The van der Waals surface area contributed by atoms with E-state index in [1.807, 2.05) is 60.7 Å². The zero-order valence-electron chi connectivity index (χ0n) is 15.3. The lowest BCUT2D eigenvalue weighted by Crippen LogP contribution is -1.86. The first-order chi connectivity index (χ1) is 14.3. The number of hydrogen-bond donors (Lipinski definition) is 0. The normalized spacial score (nSPS) is 10.7. The van der Waals surface area contributed by atoms with Crippen molar-refractivity contribution in [3.63, 3.8) is 0 Å². The van der Waals surface area contributed by atoms with Crippen LogP contribution in [0.15, 0.2) is 83.4 Å². The summed E-state index contributed by atoms with van der Waals surface area (Å²) in [6.07, 6.45) is 1.76. The van der Waals surface area contributed by atoms with Crippen molar-refractivity contribution in [2.45, 2.75) is 0 Å². The summed E-state index contributed by atoms with van der Waals surface area (Å²) in [5, 5.41) is 20.7. The van der Waals surface area contributed by atoms with Crippen LogP contribution in [0, 0.1) is 22.7 Å². The topological polar surface area (TPSA) is 73.6 Å². The van der Waals surface area contributed by atoms with Gasteiger partial charge in [-0.05, 0) is 48.0 Å². The molecule has 0 atom stereocenters. The molecule has 0 unspecified atom stereocenters. The van der Waals surface area contributed by atoms with Crippen LogP contribution in [0.5, 0.6) is 0 Å². The van der Waals surface area contributed by atoms with Crippen LogP contribution >= 0.6 is 0 Å². The van der Waals surface area contributed by atoms with Gasteiger partial charge in [-0.3, -0.25) is 4.98 Å². The van der Waals surface area contributed by atoms with Crippen molar-refractivity contribution in [3.8, 4) is 34.5 Å². The predicted octanol–water partition coefficient (Wildman–Crippen LogP) is 6.06. The van der Waals surface area contributed by atoms with Crippen molar-refractivity contribution >= 4 is 21.9 Å². The van der Waals surface area contributed by atoms with Crippen molar-refractivity contribution < 1.29 is 4.42 Å². The fraction of sp³-hybridized carbons (Fsp3) is 0. The highest BCUT2D eigenvalue weighted by Gasteiger charge is 2.18. The summed E-state index contributed by atoms with van der Waals surface area (Å²) >= 11 is 0. The molecule has 5 rings (SSSR count). The molecule has 5 aromatic rings. The maximum Gasteiger partial charge on any atom is 0.144 e. The molecule has 134 valence electrons. The van der Waals surface area contributed by atoms with Crippen LogP contribution in [0.2, 0.25) is 0 Å². The van der Waals surface area contributed by atoms with Crippen molar-refractivity contribution in [2.75, 3.05) is 0 Å². The molecule has 0 bridgehead atoms. The van der Waals surface area contributed by atoms with Gasteiger partial charge in [-0.25, -0.2) is 0 Å². The molecule has 2 heterocycles. The molecule has 0 aliphatic heterocycles. The Morgan fingerprint density at radius 3 is 2.28 bits per heavy atom. The second kappa shape index (κ2) is 6.64. The number of para-hydroxylation sites is 1. The molecule has 29 heavy (non-hydrogen) atoms. The highest BCUT2D eigenvalue weighted by atomic mass is 16.3. The number of nitrogens with zero attached hydrogens (tertiary/aromatic N) is 3. The fourth-order valence-electron chi connectivity index (χ4n) is 3.68. The Kier molecular flexibility index (Phi) is 3.83. The summed E-state index contributed by atoms with van der Waals surface area (Å²) in [5.41, 5.74) is 5.81. The van der Waals surface area contributed by atoms with Crippen molar-refractivity contribution in [1.29, 1.82) is 10.5 Å². The summed E-state index contributed by atoms with van der Waals surface area (Å²) in [5.74, 6) is 0. The Labute approximate surface area is 166 Å². The third-order valence-corrected chi connectivity index (χ3v) is 5.03. The number of fused-ring (bicyclic) bond motifs is 3. The largest absolute Gasteiger partial charge is 0.455 e. The van der Waals surface area contributed by atoms with Crippen LogP contribution in [0.3, 0.4) is 0 Å². The molecule has 0 saturated carbocycles. The number of rotatable bonds is 2. The van der Waals surface area contributed by atoms with Gasteiger partial charge in [0.1, 0.15) is 11.2 Å². The van der Waals surface area contributed by atoms with Gasteiger partial charge in [0.05, 0.1) is 29.0 Å². The second-order valence-electron chi connectivity index (χ2n) is 6.67. The van der Waals surface area contributed by atoms with Crippen LogP contribution in [-0.2, 0) is 0 Å². The quantitative estimate of drug-likeness (QED) is 0.378. The summed E-state index contributed by atoms with van der Waals surface area (Å²) in [7, 11) is 0. The minimum atomic E-state index is 0.528. The molecule has 0 spiro atoms. The molecule has 4 nitrogen and oxygen atoms in total. The summed E-state index contributed by atoms with van der Waals surface area (Å²) < 4.78 is 6.37. The Bertz CT molecular complexity index is 1450. The van der Waals surface area contributed by atoms with Crippen LogP contribution in [0.25, 0.3) is 44.3 Å². The second-order valence-corrected chi connectivity index (χ2v) is 6.67. The van der Waals surface area contributed by atoms with Gasteiger partial charge in [0.15, 0.2) is 0 Å². The van der Waals surface area contributed by atoms with Crippen molar-refractivity contribution in [3.05, 3.63) is 90.1 Å². The Balaban J connectivity index is 1.86. The first kappa shape index (κ1) is 16.7. The van der Waals surface area contributed by atoms with Crippen LogP contribution in [-0.4, -0.2) is 4.98 Å². The Hall–Kier alpha value is -4.41. The molecule has 0 N–H and O–H groups in total. The lowest BCUT2D eigenvalue weighted by Gasteiger charge is -2.05. The van der Waals surface area contributed by atoms with E-state index in [4.69, 9.17) is 9.68 Å². The van der Waals surface area contributed by atoms with E-state index in [0.717, 1.165) is 38.7 Å². The molecule has 3 aromatic carbocycles. The van der Waals surface area contributed by atoms with Gasteiger partial charge in [-0.1, -0.05) is 30.3 Å². The van der Waals surface area contributed by atoms with Gasteiger partial charge >= 0.3 is 0 Å². The summed E-state index contributed by atoms with van der Waals surface area (Å²) in [6.45, 7) is 0. The molecule has 0 radical (unpaired) electrons. The average Bonchev–Trinajstić information content (AvgIpc) is 3.18. The predicted molar refractivity (Wildman–Crippen MR) is 112 cm³/mol. The van der Waals surface area contributed by atoms with Gasteiger partial charge in [0.25, 0.3) is 0 Å². The third-order valence-electron chi connectivity index (χ3n) is 5.03. The zero-order chi connectivity index (χ0) is 19.8. The van der Waals surface area contributed by atoms with Crippen LogP contribution in [0.1, 0.15) is 11.1 Å². The van der Waals surface area contributed by atoms with E-state index in [1.165, 1.54) is 0 Å². The number of benzene rings is 3. The van der Waals surface area contributed by atoms with Gasteiger partial charge in [0, 0.05) is 28.1 Å². The first-order valence-electron chi connectivity index (χ1n) is 9.10. The molecular weight excluding hydrogens is 358 g/mol. The molecule has 4 heteroatoms. The molecule has 0 aliphatic rings. The number of hydrogen-bond acceptors (Lipinski definition) is 4. The van der Waals surface area contributed by atoms with E-state index >= 15 is 0 Å². The van der Waals surface area contributed by atoms with Gasteiger partial charge in [-0.2, -0.15) is 10.5 Å².